The van der Waals surface area contributed by atoms with Gasteiger partial charge in [0, 0.05) is 12.1 Å². The molecule has 1 fully saturated rings. The fraction of sp³-hybridized carbons (Fsp3) is 1.00. The van der Waals surface area contributed by atoms with E-state index in [4.69, 9.17) is 0 Å². The summed E-state index contributed by atoms with van der Waals surface area (Å²) in [5.41, 5.74) is 0. The Labute approximate surface area is 88.8 Å². The van der Waals surface area contributed by atoms with E-state index in [0.717, 1.165) is 6.04 Å². The zero-order chi connectivity index (χ0) is 10.2. The molecule has 0 aromatic rings. The van der Waals surface area contributed by atoms with E-state index in [2.05, 4.69) is 24.5 Å². The highest BCUT2D eigenvalue weighted by molar-refractivity contribution is 4.73. The van der Waals surface area contributed by atoms with Gasteiger partial charge in [0.1, 0.15) is 0 Å². The van der Waals surface area contributed by atoms with Crippen LogP contribution in [0.2, 0.25) is 0 Å². The minimum absolute atomic E-state index is 0.637. The molecule has 0 aromatic heterocycles. The summed E-state index contributed by atoms with van der Waals surface area (Å²) >= 11 is 0. The molecule has 1 aliphatic carbocycles. The van der Waals surface area contributed by atoms with Gasteiger partial charge < -0.3 is 10.6 Å². The first-order valence-electron chi connectivity index (χ1n) is 6.26. The molecule has 0 aromatic carbocycles. The van der Waals surface area contributed by atoms with Crippen molar-refractivity contribution < 1.29 is 0 Å². The van der Waals surface area contributed by atoms with Gasteiger partial charge in [-0.05, 0) is 38.8 Å². The van der Waals surface area contributed by atoms with Crippen LogP contribution in [0.15, 0.2) is 0 Å². The number of hydrogen-bond donors (Lipinski definition) is 2. The maximum absolute atomic E-state index is 3.64. The molecule has 0 atom stereocenters. The van der Waals surface area contributed by atoms with Crippen molar-refractivity contribution >= 4 is 0 Å². The highest BCUT2D eigenvalue weighted by Crippen LogP contribution is 2.17. The number of nitrogens with one attached hydrogen (secondary N) is 2. The summed E-state index contributed by atoms with van der Waals surface area (Å²) in [5.74, 6) is 0. The van der Waals surface area contributed by atoms with E-state index in [1.165, 1.54) is 51.6 Å². The fourth-order valence-electron chi connectivity index (χ4n) is 2.08. The molecule has 0 bridgehead atoms. The smallest absolute Gasteiger partial charge is 0.00670 e. The first kappa shape index (κ1) is 12.0. The van der Waals surface area contributed by atoms with Crippen molar-refractivity contribution in [1.82, 2.24) is 10.6 Å². The fourth-order valence-corrected chi connectivity index (χ4v) is 2.08. The standard InChI is InChI=1S/C12H26N2/c1-11(2)13-9-5-6-10-14-12-7-3-4-8-12/h11-14H,3-10H2,1-2H3. The summed E-state index contributed by atoms with van der Waals surface area (Å²) < 4.78 is 0. The lowest BCUT2D eigenvalue weighted by molar-refractivity contribution is 0.492. The second-order valence-corrected chi connectivity index (χ2v) is 4.75. The van der Waals surface area contributed by atoms with Crippen LogP contribution in [0.3, 0.4) is 0 Å². The van der Waals surface area contributed by atoms with Crippen LogP contribution in [0.1, 0.15) is 52.4 Å². The quantitative estimate of drug-likeness (QED) is 0.613. The van der Waals surface area contributed by atoms with Crippen molar-refractivity contribution in [3.63, 3.8) is 0 Å². The SMILES string of the molecule is CC(C)NCCCCNC1CCCC1. The van der Waals surface area contributed by atoms with Gasteiger partial charge in [-0.15, -0.1) is 0 Å². The Morgan fingerprint density at radius 3 is 2.36 bits per heavy atom. The third-order valence-corrected chi connectivity index (χ3v) is 2.94. The minimum Gasteiger partial charge on any atom is -0.315 e. The molecular formula is C12H26N2. The second-order valence-electron chi connectivity index (χ2n) is 4.75. The van der Waals surface area contributed by atoms with Gasteiger partial charge >= 0.3 is 0 Å². The normalized spacial score (nSPS) is 18.2. The summed E-state index contributed by atoms with van der Waals surface area (Å²) in [6.07, 6.45) is 8.31. The Kier molecular flexibility index (Phi) is 6.20. The maximum atomic E-state index is 3.64. The number of rotatable bonds is 7. The Morgan fingerprint density at radius 1 is 1.07 bits per heavy atom. The molecule has 2 nitrogen and oxygen atoms in total. The van der Waals surface area contributed by atoms with Crippen molar-refractivity contribution in [2.45, 2.75) is 64.5 Å². The molecule has 0 heterocycles. The third kappa shape index (κ3) is 5.61. The van der Waals surface area contributed by atoms with E-state index in [1.807, 2.05) is 0 Å². The van der Waals surface area contributed by atoms with Gasteiger partial charge in [-0.3, -0.25) is 0 Å². The van der Waals surface area contributed by atoms with Crippen LogP contribution in [-0.2, 0) is 0 Å². The average molecular weight is 198 g/mol. The van der Waals surface area contributed by atoms with Crippen molar-refractivity contribution in [1.29, 1.82) is 0 Å². The summed E-state index contributed by atoms with van der Waals surface area (Å²) in [5, 5.41) is 7.09. The van der Waals surface area contributed by atoms with E-state index in [9.17, 15) is 0 Å². The van der Waals surface area contributed by atoms with Gasteiger partial charge in [0.15, 0.2) is 0 Å². The topological polar surface area (TPSA) is 24.1 Å². The van der Waals surface area contributed by atoms with E-state index in [-0.39, 0.29) is 0 Å². The predicted molar refractivity (Wildman–Crippen MR) is 62.6 cm³/mol. The van der Waals surface area contributed by atoms with Gasteiger partial charge in [-0.1, -0.05) is 26.7 Å². The van der Waals surface area contributed by atoms with Crippen LogP contribution in [0.25, 0.3) is 0 Å². The molecule has 14 heavy (non-hydrogen) atoms. The van der Waals surface area contributed by atoms with Crippen molar-refractivity contribution in [2.24, 2.45) is 0 Å². The van der Waals surface area contributed by atoms with E-state index in [0.29, 0.717) is 6.04 Å². The van der Waals surface area contributed by atoms with Crippen molar-refractivity contribution in [2.75, 3.05) is 13.1 Å². The molecule has 2 N–H and O–H groups in total. The first-order chi connectivity index (χ1) is 6.79. The Bertz CT molecular complexity index is 128. The molecule has 0 unspecified atom stereocenters. The molecule has 0 spiro atoms. The van der Waals surface area contributed by atoms with Gasteiger partial charge in [0.25, 0.3) is 0 Å². The van der Waals surface area contributed by atoms with E-state index >= 15 is 0 Å². The molecule has 1 aliphatic rings. The van der Waals surface area contributed by atoms with Gasteiger partial charge in [-0.25, -0.2) is 0 Å². The molecular weight excluding hydrogens is 172 g/mol. The highest BCUT2D eigenvalue weighted by atomic mass is 14.9. The number of hydrogen-bond acceptors (Lipinski definition) is 2. The molecule has 0 aliphatic heterocycles. The highest BCUT2D eigenvalue weighted by Gasteiger charge is 2.12. The van der Waals surface area contributed by atoms with Crippen LogP contribution in [0.4, 0.5) is 0 Å². The average Bonchev–Trinajstić information content (AvgIpc) is 2.63. The largest absolute Gasteiger partial charge is 0.315 e. The summed E-state index contributed by atoms with van der Waals surface area (Å²) in [6, 6.07) is 1.48. The first-order valence-corrected chi connectivity index (χ1v) is 6.26. The Hall–Kier alpha value is -0.0800. The van der Waals surface area contributed by atoms with Gasteiger partial charge in [0.05, 0.1) is 0 Å². The summed E-state index contributed by atoms with van der Waals surface area (Å²) in [4.78, 5) is 0. The zero-order valence-electron chi connectivity index (χ0n) is 9.81. The molecule has 0 saturated heterocycles. The minimum atomic E-state index is 0.637. The molecule has 0 radical (unpaired) electrons. The lowest BCUT2D eigenvalue weighted by Crippen LogP contribution is -2.28. The molecule has 1 rings (SSSR count). The van der Waals surface area contributed by atoms with E-state index < -0.39 is 0 Å². The van der Waals surface area contributed by atoms with Gasteiger partial charge in [0.2, 0.25) is 0 Å². The maximum Gasteiger partial charge on any atom is 0.00670 e. The van der Waals surface area contributed by atoms with Crippen LogP contribution >= 0.6 is 0 Å². The monoisotopic (exact) mass is 198 g/mol. The second kappa shape index (κ2) is 7.24. The Balaban J connectivity index is 1.79. The van der Waals surface area contributed by atoms with Crippen LogP contribution in [0.5, 0.6) is 0 Å². The summed E-state index contributed by atoms with van der Waals surface area (Å²) in [6.45, 7) is 6.79. The van der Waals surface area contributed by atoms with Gasteiger partial charge in [-0.2, -0.15) is 0 Å². The zero-order valence-corrected chi connectivity index (χ0v) is 9.81. The Morgan fingerprint density at radius 2 is 1.71 bits per heavy atom. The van der Waals surface area contributed by atoms with Crippen LogP contribution < -0.4 is 10.6 Å². The summed E-state index contributed by atoms with van der Waals surface area (Å²) in [7, 11) is 0. The van der Waals surface area contributed by atoms with Crippen molar-refractivity contribution in [3.8, 4) is 0 Å². The molecule has 2 heteroatoms. The molecule has 1 saturated carbocycles. The van der Waals surface area contributed by atoms with E-state index in [1.54, 1.807) is 0 Å². The lowest BCUT2D eigenvalue weighted by atomic mass is 10.2. The molecule has 84 valence electrons. The van der Waals surface area contributed by atoms with Crippen molar-refractivity contribution in [3.05, 3.63) is 0 Å². The third-order valence-electron chi connectivity index (χ3n) is 2.94. The van der Waals surface area contributed by atoms with Crippen LogP contribution in [-0.4, -0.2) is 25.2 Å². The number of unbranched alkanes of at least 4 members (excludes halogenated alkanes) is 1. The molecule has 0 amide bonds. The predicted octanol–water partition coefficient (Wildman–Crippen LogP) is 2.30. The van der Waals surface area contributed by atoms with Crippen LogP contribution in [0, 0.1) is 0 Å². The lowest BCUT2D eigenvalue weighted by Gasteiger charge is -2.12.